The third-order valence-electron chi connectivity index (χ3n) is 4.16. The van der Waals surface area contributed by atoms with Crippen molar-refractivity contribution in [3.05, 3.63) is 35.2 Å². The predicted octanol–water partition coefficient (Wildman–Crippen LogP) is 2.35. The van der Waals surface area contributed by atoms with Gasteiger partial charge in [0, 0.05) is 19.8 Å². The zero-order valence-electron chi connectivity index (χ0n) is 13.1. The lowest BCUT2D eigenvalue weighted by atomic mass is 10.0. The maximum absolute atomic E-state index is 8.90. The van der Waals surface area contributed by atoms with E-state index in [0.29, 0.717) is 5.56 Å². The van der Waals surface area contributed by atoms with E-state index >= 15 is 0 Å². The van der Waals surface area contributed by atoms with Gasteiger partial charge >= 0.3 is 0 Å². The van der Waals surface area contributed by atoms with Crippen LogP contribution in [-0.2, 0) is 7.05 Å². The van der Waals surface area contributed by atoms with Gasteiger partial charge in [-0.25, -0.2) is 9.67 Å². The second kappa shape index (κ2) is 5.68. The molecular formula is C16H19N5O. The zero-order valence-corrected chi connectivity index (χ0v) is 13.1. The van der Waals surface area contributed by atoms with Crippen LogP contribution in [0.25, 0.3) is 0 Å². The summed E-state index contributed by atoms with van der Waals surface area (Å²) in [6.07, 6.45) is 3.77. The lowest BCUT2D eigenvalue weighted by Crippen LogP contribution is -2.24. The number of hydrogen-bond acceptors (Lipinski definition) is 5. The quantitative estimate of drug-likeness (QED) is 0.870. The second-order valence-electron chi connectivity index (χ2n) is 5.50. The molecule has 6 nitrogen and oxygen atoms in total. The van der Waals surface area contributed by atoms with Gasteiger partial charge in [-0.3, -0.25) is 0 Å². The van der Waals surface area contributed by atoms with E-state index in [0.717, 1.165) is 42.3 Å². The zero-order chi connectivity index (χ0) is 15.7. The smallest absolute Gasteiger partial charge is 0.216 e. The predicted molar refractivity (Wildman–Crippen MR) is 82.8 cm³/mol. The van der Waals surface area contributed by atoms with Gasteiger partial charge in [0.1, 0.15) is 11.9 Å². The molecule has 114 valence electrons. The average molecular weight is 297 g/mol. The summed E-state index contributed by atoms with van der Waals surface area (Å²) < 4.78 is 7.33. The van der Waals surface area contributed by atoms with Crippen molar-refractivity contribution in [2.75, 3.05) is 18.6 Å². The highest BCUT2D eigenvalue weighted by Crippen LogP contribution is 2.40. The Morgan fingerprint density at radius 2 is 2.23 bits per heavy atom. The van der Waals surface area contributed by atoms with Crippen LogP contribution < -0.4 is 9.64 Å². The molecule has 1 aliphatic heterocycles. The number of pyridine rings is 1. The Labute approximate surface area is 129 Å². The molecule has 1 unspecified atom stereocenters. The van der Waals surface area contributed by atoms with Gasteiger partial charge in [-0.2, -0.15) is 10.4 Å². The average Bonchev–Trinajstić information content (AvgIpc) is 3.10. The van der Waals surface area contributed by atoms with Gasteiger partial charge < -0.3 is 9.64 Å². The first-order valence-electron chi connectivity index (χ1n) is 7.36. The second-order valence-corrected chi connectivity index (χ2v) is 5.50. The van der Waals surface area contributed by atoms with Crippen molar-refractivity contribution < 1.29 is 4.74 Å². The molecule has 1 atom stereocenters. The fourth-order valence-electron chi connectivity index (χ4n) is 3.24. The van der Waals surface area contributed by atoms with Gasteiger partial charge in [0.2, 0.25) is 5.88 Å². The van der Waals surface area contributed by atoms with Crippen molar-refractivity contribution in [2.45, 2.75) is 25.8 Å². The first kappa shape index (κ1) is 14.4. The number of nitriles is 1. The maximum Gasteiger partial charge on any atom is 0.216 e. The Morgan fingerprint density at radius 3 is 2.86 bits per heavy atom. The summed E-state index contributed by atoms with van der Waals surface area (Å²) >= 11 is 0. The SMILES string of the molecule is COc1c(C2CCCN2c2ccc(C#N)cn2)c(C)nn1C. The van der Waals surface area contributed by atoms with Crippen LogP contribution >= 0.6 is 0 Å². The summed E-state index contributed by atoms with van der Waals surface area (Å²) in [4.78, 5) is 6.71. The number of aromatic nitrogens is 3. The van der Waals surface area contributed by atoms with Gasteiger partial charge in [0.15, 0.2) is 0 Å². The largest absolute Gasteiger partial charge is 0.481 e. The molecule has 1 fully saturated rings. The van der Waals surface area contributed by atoms with Gasteiger partial charge in [-0.1, -0.05) is 0 Å². The molecule has 1 saturated heterocycles. The lowest BCUT2D eigenvalue weighted by Gasteiger charge is -2.26. The van der Waals surface area contributed by atoms with Crippen LogP contribution in [-0.4, -0.2) is 28.4 Å². The molecule has 1 aliphatic rings. The third-order valence-corrected chi connectivity index (χ3v) is 4.16. The van der Waals surface area contributed by atoms with Crippen LogP contribution in [0.4, 0.5) is 5.82 Å². The molecule has 22 heavy (non-hydrogen) atoms. The van der Waals surface area contributed by atoms with Crippen LogP contribution in [0.15, 0.2) is 18.3 Å². The van der Waals surface area contributed by atoms with E-state index in [2.05, 4.69) is 21.1 Å². The summed E-state index contributed by atoms with van der Waals surface area (Å²) in [6, 6.07) is 6.04. The fourth-order valence-corrected chi connectivity index (χ4v) is 3.24. The molecule has 0 saturated carbocycles. The molecule has 2 aromatic rings. The molecule has 0 spiro atoms. The summed E-state index contributed by atoms with van der Waals surface area (Å²) in [7, 11) is 3.58. The number of aryl methyl sites for hydroxylation is 2. The van der Waals surface area contributed by atoms with E-state index in [1.807, 2.05) is 26.1 Å². The highest BCUT2D eigenvalue weighted by atomic mass is 16.5. The molecule has 2 aromatic heterocycles. The van der Waals surface area contributed by atoms with Crippen LogP contribution in [0.2, 0.25) is 0 Å². The molecule has 0 N–H and O–H groups in total. The van der Waals surface area contributed by atoms with E-state index in [1.54, 1.807) is 18.0 Å². The van der Waals surface area contributed by atoms with E-state index in [1.165, 1.54) is 0 Å². The van der Waals surface area contributed by atoms with Crippen LogP contribution in [0.1, 0.15) is 35.7 Å². The highest BCUT2D eigenvalue weighted by Gasteiger charge is 2.32. The number of rotatable bonds is 3. The monoisotopic (exact) mass is 297 g/mol. The van der Waals surface area contributed by atoms with Crippen LogP contribution in [0, 0.1) is 18.3 Å². The Morgan fingerprint density at radius 1 is 1.41 bits per heavy atom. The van der Waals surface area contributed by atoms with E-state index in [-0.39, 0.29) is 6.04 Å². The highest BCUT2D eigenvalue weighted by molar-refractivity contribution is 5.48. The summed E-state index contributed by atoms with van der Waals surface area (Å²) in [5.74, 6) is 1.70. The molecule has 3 heterocycles. The number of nitrogens with zero attached hydrogens (tertiary/aromatic N) is 5. The van der Waals surface area contributed by atoms with Crippen molar-refractivity contribution in [1.82, 2.24) is 14.8 Å². The molecule has 0 bridgehead atoms. The van der Waals surface area contributed by atoms with Crippen molar-refractivity contribution in [1.29, 1.82) is 5.26 Å². The summed E-state index contributed by atoms with van der Waals surface area (Å²) in [6.45, 7) is 2.96. The van der Waals surface area contributed by atoms with E-state index in [9.17, 15) is 0 Å². The van der Waals surface area contributed by atoms with Crippen molar-refractivity contribution in [2.24, 2.45) is 7.05 Å². The minimum Gasteiger partial charge on any atom is -0.481 e. The molecule has 0 amide bonds. The summed E-state index contributed by atoms with van der Waals surface area (Å²) in [5.41, 5.74) is 2.70. The number of ether oxygens (including phenoxy) is 1. The molecular weight excluding hydrogens is 278 g/mol. The lowest BCUT2D eigenvalue weighted by molar-refractivity contribution is 0.366. The number of methoxy groups -OCH3 is 1. The molecule has 0 aliphatic carbocycles. The summed E-state index contributed by atoms with van der Waals surface area (Å²) in [5, 5.41) is 13.4. The molecule has 0 radical (unpaired) electrons. The van der Waals surface area contributed by atoms with Crippen LogP contribution in [0.3, 0.4) is 0 Å². The molecule has 3 rings (SSSR count). The first-order valence-corrected chi connectivity index (χ1v) is 7.36. The minimum atomic E-state index is 0.212. The molecule has 0 aromatic carbocycles. The standard InChI is InChI=1S/C16H19N5O/c1-11-15(16(22-3)20(2)19-11)13-5-4-8-21(13)14-7-6-12(9-17)10-18-14/h6-7,10,13H,4-5,8H2,1-3H3. The topological polar surface area (TPSA) is 67.0 Å². The van der Waals surface area contributed by atoms with Gasteiger partial charge in [-0.05, 0) is 31.9 Å². The van der Waals surface area contributed by atoms with Crippen molar-refractivity contribution in [3.8, 4) is 11.9 Å². The first-order chi connectivity index (χ1) is 10.7. The van der Waals surface area contributed by atoms with E-state index in [4.69, 9.17) is 10.00 Å². The number of anilines is 1. The van der Waals surface area contributed by atoms with Gasteiger partial charge in [0.25, 0.3) is 0 Å². The van der Waals surface area contributed by atoms with Gasteiger partial charge in [0.05, 0.1) is 30.0 Å². The maximum atomic E-state index is 8.90. The third kappa shape index (κ3) is 2.29. The van der Waals surface area contributed by atoms with Crippen molar-refractivity contribution >= 4 is 5.82 Å². The normalized spacial score (nSPS) is 17.5. The van der Waals surface area contributed by atoms with Gasteiger partial charge in [-0.15, -0.1) is 0 Å². The minimum absolute atomic E-state index is 0.212. The number of hydrogen-bond donors (Lipinski definition) is 0. The van der Waals surface area contributed by atoms with Crippen molar-refractivity contribution in [3.63, 3.8) is 0 Å². The Kier molecular flexibility index (Phi) is 3.72. The van der Waals surface area contributed by atoms with Crippen LogP contribution in [0.5, 0.6) is 5.88 Å². The Balaban J connectivity index is 1.98. The fraction of sp³-hybridized carbons (Fsp3) is 0.438. The van der Waals surface area contributed by atoms with E-state index < -0.39 is 0 Å². The Hall–Kier alpha value is -2.55. The Bertz CT molecular complexity index is 713. The molecule has 6 heteroatoms.